The zero-order chi connectivity index (χ0) is 13.1. The van der Waals surface area contributed by atoms with Crippen molar-refractivity contribution in [3.63, 3.8) is 0 Å². The van der Waals surface area contributed by atoms with E-state index in [0.29, 0.717) is 17.8 Å². The maximum atomic E-state index is 13.1. The molecule has 1 heterocycles. The highest BCUT2D eigenvalue weighted by atomic mass is 32.1. The van der Waals surface area contributed by atoms with Gasteiger partial charge < -0.3 is 15.6 Å². The third-order valence-electron chi connectivity index (χ3n) is 2.49. The standard InChI is InChI=1S/C11H12FN5S/c1-17-6-15-16-10(17)5-14-9-3-2-7(12)4-8(9)11(13)18/h2-4,6,14H,5H2,1H3,(H2,13,18). The topological polar surface area (TPSA) is 68.8 Å². The number of rotatable bonds is 4. The summed E-state index contributed by atoms with van der Waals surface area (Å²) in [6, 6.07) is 4.25. The minimum Gasteiger partial charge on any atom is -0.389 e. The average Bonchev–Trinajstić information content (AvgIpc) is 2.73. The van der Waals surface area contributed by atoms with Gasteiger partial charge in [-0.2, -0.15) is 0 Å². The van der Waals surface area contributed by atoms with Crippen molar-refractivity contribution in [1.29, 1.82) is 0 Å². The smallest absolute Gasteiger partial charge is 0.151 e. The molecule has 18 heavy (non-hydrogen) atoms. The second-order valence-corrected chi connectivity index (χ2v) is 4.21. The SMILES string of the molecule is Cn1cnnc1CNc1ccc(F)cc1C(N)=S. The Morgan fingerprint density at radius 1 is 1.56 bits per heavy atom. The Hall–Kier alpha value is -2.02. The third-order valence-corrected chi connectivity index (χ3v) is 2.71. The number of aryl methyl sites for hydroxylation is 1. The van der Waals surface area contributed by atoms with Crippen molar-refractivity contribution in [3.8, 4) is 0 Å². The Bertz CT molecular complexity index is 581. The molecule has 7 heteroatoms. The second kappa shape index (κ2) is 5.09. The molecule has 0 aliphatic heterocycles. The van der Waals surface area contributed by atoms with Gasteiger partial charge in [0.1, 0.15) is 17.1 Å². The summed E-state index contributed by atoms with van der Waals surface area (Å²) in [5.41, 5.74) is 6.71. The maximum absolute atomic E-state index is 13.1. The molecule has 0 saturated heterocycles. The maximum Gasteiger partial charge on any atom is 0.151 e. The van der Waals surface area contributed by atoms with Crippen LogP contribution in [-0.4, -0.2) is 19.8 Å². The first-order valence-electron chi connectivity index (χ1n) is 5.24. The molecule has 0 unspecified atom stereocenters. The molecule has 0 aliphatic carbocycles. The molecule has 5 nitrogen and oxygen atoms in total. The van der Waals surface area contributed by atoms with E-state index in [1.165, 1.54) is 12.1 Å². The molecule has 0 fully saturated rings. The molecule has 1 aromatic carbocycles. The third kappa shape index (κ3) is 2.62. The molecule has 0 aliphatic rings. The van der Waals surface area contributed by atoms with E-state index in [1.807, 2.05) is 7.05 Å². The van der Waals surface area contributed by atoms with E-state index in [2.05, 4.69) is 15.5 Å². The first-order chi connectivity index (χ1) is 8.58. The lowest BCUT2D eigenvalue weighted by molar-refractivity contribution is 0.627. The molecule has 1 aromatic heterocycles. The molecule has 2 rings (SSSR count). The Balaban J connectivity index is 2.19. The highest BCUT2D eigenvalue weighted by Crippen LogP contribution is 2.17. The van der Waals surface area contributed by atoms with Crippen molar-refractivity contribution >= 4 is 22.9 Å². The first kappa shape index (κ1) is 12.4. The molecular formula is C11H12FN5S. The van der Waals surface area contributed by atoms with Gasteiger partial charge in [-0.3, -0.25) is 0 Å². The minimum atomic E-state index is -0.373. The van der Waals surface area contributed by atoms with Gasteiger partial charge in [-0.1, -0.05) is 12.2 Å². The van der Waals surface area contributed by atoms with Gasteiger partial charge in [-0.25, -0.2) is 4.39 Å². The number of nitrogens with two attached hydrogens (primary N) is 1. The van der Waals surface area contributed by atoms with Crippen LogP contribution in [-0.2, 0) is 13.6 Å². The molecule has 0 spiro atoms. The number of nitrogens with one attached hydrogen (secondary N) is 1. The van der Waals surface area contributed by atoms with Gasteiger partial charge >= 0.3 is 0 Å². The minimum absolute atomic E-state index is 0.148. The number of aromatic nitrogens is 3. The summed E-state index contributed by atoms with van der Waals surface area (Å²) in [7, 11) is 1.84. The van der Waals surface area contributed by atoms with Crippen molar-refractivity contribution in [2.45, 2.75) is 6.54 Å². The Kier molecular flexibility index (Phi) is 3.52. The highest BCUT2D eigenvalue weighted by Gasteiger charge is 2.08. The van der Waals surface area contributed by atoms with E-state index in [-0.39, 0.29) is 10.8 Å². The molecule has 2 aromatic rings. The number of nitrogens with zero attached hydrogens (tertiary/aromatic N) is 3. The van der Waals surface area contributed by atoms with Crippen molar-refractivity contribution in [2.75, 3.05) is 5.32 Å². The van der Waals surface area contributed by atoms with Crippen LogP contribution in [0.15, 0.2) is 24.5 Å². The quantitative estimate of drug-likeness (QED) is 0.813. The largest absolute Gasteiger partial charge is 0.389 e. The summed E-state index contributed by atoms with van der Waals surface area (Å²) < 4.78 is 14.9. The number of hydrogen-bond donors (Lipinski definition) is 2. The first-order valence-corrected chi connectivity index (χ1v) is 5.65. The van der Waals surface area contributed by atoms with E-state index >= 15 is 0 Å². The number of halogens is 1. The van der Waals surface area contributed by atoms with Crippen LogP contribution < -0.4 is 11.1 Å². The van der Waals surface area contributed by atoms with Crippen LogP contribution in [0.4, 0.5) is 10.1 Å². The van der Waals surface area contributed by atoms with E-state index < -0.39 is 0 Å². The summed E-state index contributed by atoms with van der Waals surface area (Å²) in [6.07, 6.45) is 1.61. The molecule has 0 bridgehead atoms. The van der Waals surface area contributed by atoms with Crippen LogP contribution in [0.5, 0.6) is 0 Å². The number of thiocarbonyl (C=S) groups is 1. The molecule has 0 amide bonds. The van der Waals surface area contributed by atoms with Gasteiger partial charge in [0.25, 0.3) is 0 Å². The lowest BCUT2D eigenvalue weighted by atomic mass is 10.1. The molecular weight excluding hydrogens is 253 g/mol. The van der Waals surface area contributed by atoms with Crippen molar-refractivity contribution in [1.82, 2.24) is 14.8 Å². The van der Waals surface area contributed by atoms with Crippen LogP contribution >= 0.6 is 12.2 Å². The second-order valence-electron chi connectivity index (χ2n) is 3.77. The van der Waals surface area contributed by atoms with Gasteiger partial charge in [0, 0.05) is 18.3 Å². The van der Waals surface area contributed by atoms with Gasteiger partial charge in [-0.15, -0.1) is 10.2 Å². The summed E-state index contributed by atoms with van der Waals surface area (Å²) in [4.78, 5) is 0.148. The Morgan fingerprint density at radius 2 is 2.33 bits per heavy atom. The molecule has 0 saturated carbocycles. The monoisotopic (exact) mass is 265 g/mol. The zero-order valence-corrected chi connectivity index (χ0v) is 10.5. The molecule has 0 atom stereocenters. The van der Waals surface area contributed by atoms with Crippen LogP contribution in [0.2, 0.25) is 0 Å². The lowest BCUT2D eigenvalue weighted by Crippen LogP contribution is -2.14. The van der Waals surface area contributed by atoms with Gasteiger partial charge in [0.2, 0.25) is 0 Å². The summed E-state index contributed by atoms with van der Waals surface area (Å²) in [5, 5.41) is 10.8. The van der Waals surface area contributed by atoms with E-state index in [0.717, 1.165) is 5.82 Å². The fraction of sp³-hybridized carbons (Fsp3) is 0.182. The number of hydrogen-bond acceptors (Lipinski definition) is 4. The fourth-order valence-corrected chi connectivity index (χ4v) is 1.68. The summed E-state index contributed by atoms with van der Waals surface area (Å²) in [6.45, 7) is 0.456. The van der Waals surface area contributed by atoms with Gasteiger partial charge in [0.05, 0.1) is 6.54 Å². The van der Waals surface area contributed by atoms with Crippen molar-refractivity contribution in [2.24, 2.45) is 12.8 Å². The van der Waals surface area contributed by atoms with Crippen LogP contribution in [0, 0.1) is 5.82 Å². The predicted molar refractivity (Wildman–Crippen MR) is 70.6 cm³/mol. The number of benzene rings is 1. The van der Waals surface area contributed by atoms with Gasteiger partial charge in [-0.05, 0) is 18.2 Å². The summed E-state index contributed by atoms with van der Waals surface area (Å²) >= 11 is 4.89. The lowest BCUT2D eigenvalue weighted by Gasteiger charge is -2.10. The van der Waals surface area contributed by atoms with Crippen LogP contribution in [0.1, 0.15) is 11.4 Å². The van der Waals surface area contributed by atoms with Crippen molar-refractivity contribution < 1.29 is 4.39 Å². The predicted octanol–water partition coefficient (Wildman–Crippen LogP) is 1.20. The van der Waals surface area contributed by atoms with E-state index in [1.54, 1.807) is 17.0 Å². The normalized spacial score (nSPS) is 10.3. The van der Waals surface area contributed by atoms with E-state index in [4.69, 9.17) is 18.0 Å². The molecule has 94 valence electrons. The average molecular weight is 265 g/mol. The summed E-state index contributed by atoms with van der Waals surface area (Å²) in [5.74, 6) is 0.384. The molecule has 3 N–H and O–H groups in total. The van der Waals surface area contributed by atoms with Crippen LogP contribution in [0.25, 0.3) is 0 Å². The van der Waals surface area contributed by atoms with Crippen LogP contribution in [0.3, 0.4) is 0 Å². The van der Waals surface area contributed by atoms with Gasteiger partial charge in [0.15, 0.2) is 5.82 Å². The fourth-order valence-electron chi connectivity index (χ4n) is 1.52. The highest BCUT2D eigenvalue weighted by molar-refractivity contribution is 7.80. The Morgan fingerprint density at radius 3 is 2.94 bits per heavy atom. The Labute approximate surface area is 109 Å². The zero-order valence-electron chi connectivity index (χ0n) is 9.72. The van der Waals surface area contributed by atoms with E-state index in [9.17, 15) is 4.39 Å². The van der Waals surface area contributed by atoms with Crippen molar-refractivity contribution in [3.05, 3.63) is 41.7 Å². The molecule has 0 radical (unpaired) electrons. The number of anilines is 1.